The molecule has 1 heterocycles. The summed E-state index contributed by atoms with van der Waals surface area (Å²) in [5, 5.41) is 4.33. The number of nitrogens with one attached hydrogen (secondary N) is 1. The molecule has 3 heteroatoms. The number of benzene rings is 1. The highest BCUT2D eigenvalue weighted by molar-refractivity contribution is 7.15. The Hall–Kier alpha value is -1.19. The van der Waals surface area contributed by atoms with Crippen molar-refractivity contribution < 1.29 is 0 Å². The summed E-state index contributed by atoms with van der Waals surface area (Å²) in [5.74, 6) is 0. The lowest BCUT2D eigenvalue weighted by molar-refractivity contribution is 0.795. The molecule has 18 heavy (non-hydrogen) atoms. The van der Waals surface area contributed by atoms with E-state index in [-0.39, 0.29) is 0 Å². The number of nitrogens with zero attached hydrogens (tertiary/aromatic N) is 1. The molecule has 0 aliphatic rings. The van der Waals surface area contributed by atoms with Crippen LogP contribution < -0.4 is 5.32 Å². The highest BCUT2D eigenvalue weighted by atomic mass is 32.1. The van der Waals surface area contributed by atoms with Gasteiger partial charge in [0.15, 0.2) is 0 Å². The summed E-state index contributed by atoms with van der Waals surface area (Å²) in [6.07, 6.45) is 1.06. The molecule has 0 saturated carbocycles. The molecule has 0 atom stereocenters. The number of hydrogen-bond acceptors (Lipinski definition) is 3. The van der Waals surface area contributed by atoms with E-state index in [0.717, 1.165) is 18.0 Å². The number of hydrogen-bond donors (Lipinski definition) is 1. The molecule has 0 unspecified atom stereocenters. The predicted octanol–water partition coefficient (Wildman–Crippen LogP) is 3.50. The second kappa shape index (κ2) is 5.63. The Morgan fingerprint density at radius 2 is 1.94 bits per heavy atom. The number of thiazole rings is 1. The largest absolute Gasteiger partial charge is 0.319 e. The molecule has 0 aliphatic heterocycles. The van der Waals surface area contributed by atoms with Crippen LogP contribution in [0, 0.1) is 20.8 Å². The van der Waals surface area contributed by atoms with Crippen molar-refractivity contribution in [3.05, 3.63) is 39.9 Å². The van der Waals surface area contributed by atoms with Gasteiger partial charge < -0.3 is 5.32 Å². The first-order chi connectivity index (χ1) is 8.61. The number of aromatic nitrogens is 1. The van der Waals surface area contributed by atoms with E-state index in [1.165, 1.54) is 27.3 Å². The van der Waals surface area contributed by atoms with Crippen LogP contribution in [0.15, 0.2) is 18.2 Å². The third kappa shape index (κ3) is 2.79. The maximum absolute atomic E-state index is 4.70. The zero-order valence-electron chi connectivity index (χ0n) is 11.5. The molecule has 0 saturated heterocycles. The van der Waals surface area contributed by atoms with Gasteiger partial charge >= 0.3 is 0 Å². The average Bonchev–Trinajstić information content (AvgIpc) is 2.72. The molecule has 0 radical (unpaired) electrons. The molecule has 96 valence electrons. The molecule has 0 amide bonds. The Labute approximate surface area is 113 Å². The van der Waals surface area contributed by atoms with Gasteiger partial charge in [0.2, 0.25) is 0 Å². The Morgan fingerprint density at radius 3 is 2.61 bits per heavy atom. The van der Waals surface area contributed by atoms with Gasteiger partial charge in [0.1, 0.15) is 5.01 Å². The van der Waals surface area contributed by atoms with Crippen LogP contribution in [0.4, 0.5) is 0 Å². The minimum absolute atomic E-state index is 1.01. The van der Waals surface area contributed by atoms with Crippen LogP contribution in [0.5, 0.6) is 0 Å². The Bertz CT molecular complexity index is 543. The number of rotatable bonds is 4. The van der Waals surface area contributed by atoms with E-state index in [0.29, 0.717) is 0 Å². The zero-order valence-corrected chi connectivity index (χ0v) is 12.3. The van der Waals surface area contributed by atoms with E-state index in [4.69, 9.17) is 4.98 Å². The monoisotopic (exact) mass is 260 g/mol. The van der Waals surface area contributed by atoms with Gasteiger partial charge in [-0.2, -0.15) is 0 Å². The van der Waals surface area contributed by atoms with Gasteiger partial charge in [0, 0.05) is 10.4 Å². The van der Waals surface area contributed by atoms with Crippen LogP contribution >= 0.6 is 11.3 Å². The van der Waals surface area contributed by atoms with E-state index in [1.807, 2.05) is 18.4 Å². The molecule has 0 fully saturated rings. The maximum Gasteiger partial charge on any atom is 0.123 e. The lowest BCUT2D eigenvalue weighted by atomic mass is 10.1. The summed E-state index contributed by atoms with van der Waals surface area (Å²) in [4.78, 5) is 6.08. The van der Waals surface area contributed by atoms with Crippen molar-refractivity contribution in [3.63, 3.8) is 0 Å². The van der Waals surface area contributed by atoms with Crippen LogP contribution in [0.2, 0.25) is 0 Å². The molecule has 0 aliphatic carbocycles. The summed E-state index contributed by atoms with van der Waals surface area (Å²) < 4.78 is 0. The summed E-state index contributed by atoms with van der Waals surface area (Å²) in [6.45, 7) is 7.41. The molecule has 1 N–H and O–H groups in total. The first-order valence-corrected chi connectivity index (χ1v) is 7.12. The molecule has 2 aromatic rings. The van der Waals surface area contributed by atoms with Crippen LogP contribution in [-0.4, -0.2) is 18.6 Å². The topological polar surface area (TPSA) is 24.9 Å². The second-order valence-electron chi connectivity index (χ2n) is 4.68. The van der Waals surface area contributed by atoms with Crippen LogP contribution in [-0.2, 0) is 6.42 Å². The fourth-order valence-electron chi connectivity index (χ4n) is 1.90. The minimum Gasteiger partial charge on any atom is -0.319 e. The fourth-order valence-corrected chi connectivity index (χ4v) is 2.95. The molecule has 0 spiro atoms. The number of aryl methyl sites for hydroxylation is 3. The van der Waals surface area contributed by atoms with Gasteiger partial charge in [0.25, 0.3) is 0 Å². The molecule has 2 nitrogen and oxygen atoms in total. The summed E-state index contributed by atoms with van der Waals surface area (Å²) in [5.41, 5.74) is 5.07. The quantitative estimate of drug-likeness (QED) is 0.910. The van der Waals surface area contributed by atoms with E-state index < -0.39 is 0 Å². The van der Waals surface area contributed by atoms with Gasteiger partial charge in [-0.25, -0.2) is 4.98 Å². The molecule has 1 aromatic carbocycles. The van der Waals surface area contributed by atoms with Crippen molar-refractivity contribution in [1.29, 1.82) is 0 Å². The van der Waals surface area contributed by atoms with Crippen molar-refractivity contribution in [2.45, 2.75) is 27.2 Å². The van der Waals surface area contributed by atoms with Crippen molar-refractivity contribution in [2.75, 3.05) is 13.6 Å². The Balaban J connectivity index is 2.30. The Morgan fingerprint density at radius 1 is 1.17 bits per heavy atom. The van der Waals surface area contributed by atoms with Crippen molar-refractivity contribution >= 4 is 11.3 Å². The predicted molar refractivity (Wildman–Crippen MR) is 79.4 cm³/mol. The van der Waals surface area contributed by atoms with Gasteiger partial charge in [-0.05, 0) is 58.0 Å². The van der Waals surface area contributed by atoms with Gasteiger partial charge in [-0.1, -0.05) is 12.1 Å². The molecular formula is C15H20N2S. The third-order valence-electron chi connectivity index (χ3n) is 3.25. The highest BCUT2D eigenvalue weighted by Crippen LogP contribution is 2.29. The average molecular weight is 260 g/mol. The van der Waals surface area contributed by atoms with Crippen LogP contribution in [0.25, 0.3) is 10.6 Å². The zero-order chi connectivity index (χ0) is 13.1. The first kappa shape index (κ1) is 13.2. The highest BCUT2D eigenvalue weighted by Gasteiger charge is 2.09. The van der Waals surface area contributed by atoms with Gasteiger partial charge in [-0.3, -0.25) is 0 Å². The van der Waals surface area contributed by atoms with Crippen LogP contribution in [0.1, 0.15) is 21.7 Å². The molecular weight excluding hydrogens is 240 g/mol. The SMILES string of the molecule is CNCCc1sc(-c2ccc(C)c(C)c2)nc1C. The first-order valence-electron chi connectivity index (χ1n) is 6.30. The second-order valence-corrected chi connectivity index (χ2v) is 5.76. The van der Waals surface area contributed by atoms with E-state index in [1.54, 1.807) is 0 Å². The van der Waals surface area contributed by atoms with Gasteiger partial charge in [-0.15, -0.1) is 11.3 Å². The summed E-state index contributed by atoms with van der Waals surface area (Å²) in [7, 11) is 1.99. The van der Waals surface area contributed by atoms with E-state index in [9.17, 15) is 0 Å². The molecule has 2 rings (SSSR count). The van der Waals surface area contributed by atoms with E-state index in [2.05, 4.69) is 44.3 Å². The lowest BCUT2D eigenvalue weighted by Crippen LogP contribution is -2.09. The van der Waals surface area contributed by atoms with Crippen molar-refractivity contribution in [2.24, 2.45) is 0 Å². The fraction of sp³-hybridized carbons (Fsp3) is 0.400. The van der Waals surface area contributed by atoms with Gasteiger partial charge in [0.05, 0.1) is 5.69 Å². The molecule has 0 bridgehead atoms. The smallest absolute Gasteiger partial charge is 0.123 e. The summed E-state index contributed by atoms with van der Waals surface area (Å²) in [6, 6.07) is 6.58. The Kier molecular flexibility index (Phi) is 4.15. The normalized spacial score (nSPS) is 10.9. The van der Waals surface area contributed by atoms with Crippen molar-refractivity contribution in [1.82, 2.24) is 10.3 Å². The molecule has 1 aromatic heterocycles. The minimum atomic E-state index is 1.01. The van der Waals surface area contributed by atoms with E-state index >= 15 is 0 Å². The third-order valence-corrected chi connectivity index (χ3v) is 4.51. The van der Waals surface area contributed by atoms with Crippen LogP contribution in [0.3, 0.4) is 0 Å². The standard InChI is InChI=1S/C15H20N2S/c1-10-5-6-13(9-11(10)2)15-17-12(3)14(18-15)7-8-16-4/h5-6,9,16H,7-8H2,1-4H3. The number of likely N-dealkylation sites (N-methyl/N-ethyl adjacent to an activating group) is 1. The van der Waals surface area contributed by atoms with Crippen molar-refractivity contribution in [3.8, 4) is 10.6 Å². The maximum atomic E-state index is 4.70. The lowest BCUT2D eigenvalue weighted by Gasteiger charge is -2.01. The summed E-state index contributed by atoms with van der Waals surface area (Å²) >= 11 is 1.82.